The van der Waals surface area contributed by atoms with Crippen molar-refractivity contribution in [3.63, 3.8) is 0 Å². The molecule has 1 aromatic rings. The van der Waals surface area contributed by atoms with E-state index in [0.717, 1.165) is 64.4 Å². The Morgan fingerprint density at radius 3 is 2.91 bits per heavy atom. The monoisotopic (exact) mass is 324 g/mol. The lowest BCUT2D eigenvalue weighted by molar-refractivity contribution is -0.164. The molecule has 130 valence electrons. The van der Waals surface area contributed by atoms with Crippen LogP contribution in [0.25, 0.3) is 0 Å². The minimum absolute atomic E-state index is 0.00271. The summed E-state index contributed by atoms with van der Waals surface area (Å²) in [6.45, 7) is 4.57. The van der Waals surface area contributed by atoms with Crippen LogP contribution in [-0.2, 0) is 9.47 Å². The number of aromatic nitrogens is 2. The van der Waals surface area contributed by atoms with E-state index in [0.29, 0.717) is 11.9 Å². The number of piperidine rings is 1. The van der Waals surface area contributed by atoms with Crippen molar-refractivity contribution >= 4 is 5.95 Å². The molecule has 7 heteroatoms. The van der Waals surface area contributed by atoms with E-state index >= 15 is 0 Å². The zero-order valence-corrected chi connectivity index (χ0v) is 14.2. The van der Waals surface area contributed by atoms with Crippen LogP contribution in [-0.4, -0.2) is 68.3 Å². The predicted molar refractivity (Wildman–Crippen MR) is 86.6 cm³/mol. The summed E-state index contributed by atoms with van der Waals surface area (Å²) in [6, 6.07) is 0. The van der Waals surface area contributed by atoms with Gasteiger partial charge in [-0.1, -0.05) is 0 Å². The summed E-state index contributed by atoms with van der Waals surface area (Å²) in [5, 5.41) is 4.02. The van der Waals surface area contributed by atoms with Gasteiger partial charge in [0.15, 0.2) is 6.29 Å². The van der Waals surface area contributed by atoms with Gasteiger partial charge in [0.2, 0.25) is 5.89 Å². The molecular weight excluding hydrogens is 296 g/mol. The van der Waals surface area contributed by atoms with Crippen molar-refractivity contribution in [2.45, 2.75) is 44.3 Å². The van der Waals surface area contributed by atoms with Crippen LogP contribution in [0.3, 0.4) is 0 Å². The second-order valence-electron chi connectivity index (χ2n) is 6.63. The van der Waals surface area contributed by atoms with E-state index in [4.69, 9.17) is 14.0 Å². The number of hydrogen-bond acceptors (Lipinski definition) is 7. The highest BCUT2D eigenvalue weighted by atomic mass is 16.7. The minimum Gasteiger partial charge on any atom is -0.353 e. The molecule has 1 aromatic heterocycles. The quantitative estimate of drug-likeness (QED) is 0.791. The number of nitrogens with zero attached hydrogens (tertiary/aromatic N) is 4. The first-order valence-corrected chi connectivity index (χ1v) is 8.69. The smallest absolute Gasteiger partial charge is 0.265 e. The summed E-state index contributed by atoms with van der Waals surface area (Å²) >= 11 is 0. The maximum atomic E-state index is 5.84. The molecular formula is C16H28N4O3. The first-order chi connectivity index (χ1) is 11.2. The average molecular weight is 324 g/mol. The van der Waals surface area contributed by atoms with Gasteiger partial charge in [0.1, 0.15) is 0 Å². The highest BCUT2D eigenvalue weighted by Crippen LogP contribution is 2.26. The summed E-state index contributed by atoms with van der Waals surface area (Å²) in [6.07, 6.45) is 5.66. The Bertz CT molecular complexity index is 474. The molecule has 3 heterocycles. The molecule has 0 spiro atoms. The topological polar surface area (TPSA) is 63.9 Å². The van der Waals surface area contributed by atoms with Crippen LogP contribution in [0.5, 0.6) is 0 Å². The Balaban J connectivity index is 1.44. The second-order valence-corrected chi connectivity index (χ2v) is 6.63. The maximum absolute atomic E-state index is 5.84. The van der Waals surface area contributed by atoms with Crippen molar-refractivity contribution in [2.24, 2.45) is 0 Å². The van der Waals surface area contributed by atoms with Crippen molar-refractivity contribution in [1.29, 1.82) is 0 Å². The van der Waals surface area contributed by atoms with E-state index < -0.39 is 0 Å². The lowest BCUT2D eigenvalue weighted by atomic mass is 9.98. The first kappa shape index (κ1) is 16.7. The summed E-state index contributed by atoms with van der Waals surface area (Å²) in [4.78, 5) is 8.79. The van der Waals surface area contributed by atoms with E-state index in [1.54, 1.807) is 0 Å². The lowest BCUT2D eigenvalue weighted by Gasteiger charge is -2.31. The fourth-order valence-electron chi connectivity index (χ4n) is 3.19. The molecule has 2 fully saturated rings. The Morgan fingerprint density at radius 1 is 1.26 bits per heavy atom. The van der Waals surface area contributed by atoms with Gasteiger partial charge in [-0.05, 0) is 43.8 Å². The fraction of sp³-hybridized carbons (Fsp3) is 0.875. The molecule has 0 aromatic carbocycles. The Hall–Kier alpha value is -1.18. The molecule has 2 aliphatic heterocycles. The third-order valence-electron chi connectivity index (χ3n) is 4.53. The molecule has 0 N–H and O–H groups in total. The molecule has 0 aliphatic carbocycles. The molecule has 0 saturated carbocycles. The lowest BCUT2D eigenvalue weighted by Crippen LogP contribution is -2.37. The average Bonchev–Trinajstić information content (AvgIpc) is 3.07. The van der Waals surface area contributed by atoms with Crippen LogP contribution >= 0.6 is 0 Å². The Kier molecular flexibility index (Phi) is 5.85. The van der Waals surface area contributed by atoms with Crippen LogP contribution < -0.4 is 4.90 Å². The first-order valence-electron chi connectivity index (χ1n) is 8.69. The Labute approximate surface area is 137 Å². The van der Waals surface area contributed by atoms with E-state index in [9.17, 15) is 0 Å². The van der Waals surface area contributed by atoms with E-state index in [-0.39, 0.29) is 6.29 Å². The van der Waals surface area contributed by atoms with E-state index in [1.807, 2.05) is 19.0 Å². The molecule has 2 atom stereocenters. The van der Waals surface area contributed by atoms with Crippen molar-refractivity contribution in [3.05, 3.63) is 5.89 Å². The van der Waals surface area contributed by atoms with E-state index in [1.165, 1.54) is 6.42 Å². The molecule has 3 rings (SSSR count). The predicted octanol–water partition coefficient (Wildman–Crippen LogP) is 1.86. The summed E-state index contributed by atoms with van der Waals surface area (Å²) in [5.74, 6) is 1.74. The third-order valence-corrected chi connectivity index (χ3v) is 4.53. The Morgan fingerprint density at radius 2 is 2.17 bits per heavy atom. The molecule has 2 aliphatic rings. The number of ether oxygens (including phenoxy) is 2. The summed E-state index contributed by atoms with van der Waals surface area (Å²) < 4.78 is 16.9. The minimum atomic E-state index is 0.00271. The number of hydrogen-bond donors (Lipinski definition) is 0. The molecule has 2 saturated heterocycles. The van der Waals surface area contributed by atoms with Gasteiger partial charge in [-0.25, -0.2) is 0 Å². The molecule has 0 unspecified atom stereocenters. The van der Waals surface area contributed by atoms with Crippen LogP contribution in [0.2, 0.25) is 0 Å². The standard InChI is InChI=1S/C16H28N4O3/c1-19(2)16-17-15(23-18-16)13-6-5-8-20(12-13)9-11-22-14-7-3-4-10-21-14/h13-14H,3-12H2,1-2H3/t13-,14-/m1/s1. The van der Waals surface area contributed by atoms with Crippen molar-refractivity contribution in [1.82, 2.24) is 15.0 Å². The zero-order valence-electron chi connectivity index (χ0n) is 14.2. The molecule has 0 amide bonds. The normalized spacial score (nSPS) is 26.3. The molecule has 0 radical (unpaired) electrons. The number of likely N-dealkylation sites (tertiary alicyclic amines) is 1. The van der Waals surface area contributed by atoms with Crippen LogP contribution in [0, 0.1) is 0 Å². The molecule has 0 bridgehead atoms. The van der Waals surface area contributed by atoms with Crippen molar-refractivity contribution in [3.8, 4) is 0 Å². The van der Waals surface area contributed by atoms with Gasteiger partial charge in [-0.2, -0.15) is 4.98 Å². The van der Waals surface area contributed by atoms with Gasteiger partial charge in [-0.15, -0.1) is 0 Å². The van der Waals surface area contributed by atoms with Crippen LogP contribution in [0.4, 0.5) is 5.95 Å². The highest BCUT2D eigenvalue weighted by molar-refractivity contribution is 5.24. The second kappa shape index (κ2) is 8.08. The number of rotatable bonds is 6. The summed E-state index contributed by atoms with van der Waals surface area (Å²) in [5.41, 5.74) is 0. The summed E-state index contributed by atoms with van der Waals surface area (Å²) in [7, 11) is 3.85. The van der Waals surface area contributed by atoms with Gasteiger partial charge in [0, 0.05) is 33.8 Å². The van der Waals surface area contributed by atoms with Crippen LogP contribution in [0.15, 0.2) is 4.52 Å². The van der Waals surface area contributed by atoms with Gasteiger partial charge in [-0.3, -0.25) is 0 Å². The fourth-order valence-corrected chi connectivity index (χ4v) is 3.19. The third kappa shape index (κ3) is 4.65. The highest BCUT2D eigenvalue weighted by Gasteiger charge is 2.26. The van der Waals surface area contributed by atoms with Crippen LogP contribution in [0.1, 0.15) is 43.9 Å². The zero-order chi connectivity index (χ0) is 16.1. The van der Waals surface area contributed by atoms with Gasteiger partial charge in [0.05, 0.1) is 12.5 Å². The van der Waals surface area contributed by atoms with Crippen molar-refractivity contribution < 1.29 is 14.0 Å². The van der Waals surface area contributed by atoms with Gasteiger partial charge in [0.25, 0.3) is 5.95 Å². The van der Waals surface area contributed by atoms with Gasteiger partial charge >= 0.3 is 0 Å². The molecule has 7 nitrogen and oxygen atoms in total. The SMILES string of the molecule is CN(C)c1noc([C@@H]2CCCN(CCO[C@@H]3CCCCO3)C2)n1. The molecule has 23 heavy (non-hydrogen) atoms. The van der Waals surface area contributed by atoms with Gasteiger partial charge < -0.3 is 23.8 Å². The maximum Gasteiger partial charge on any atom is 0.265 e. The number of anilines is 1. The van der Waals surface area contributed by atoms with Crippen molar-refractivity contribution in [2.75, 3.05) is 51.8 Å². The largest absolute Gasteiger partial charge is 0.353 e. The van der Waals surface area contributed by atoms with E-state index in [2.05, 4.69) is 15.0 Å².